The first-order valence-corrected chi connectivity index (χ1v) is 14.4. The number of hydrogen-bond acceptors (Lipinski definition) is 2. The Kier molecular flexibility index (Phi) is 5.50. The number of halogens is 2. The molecule has 3 aromatic rings. The average molecular weight is 516 g/mol. The summed E-state index contributed by atoms with van der Waals surface area (Å²) in [7, 11) is 0. The Morgan fingerprint density at radius 1 is 1.20 bits per heavy atom. The number of fused-ring (bicyclic) bond motifs is 2. The van der Waals surface area contributed by atoms with Crippen LogP contribution in [0.15, 0.2) is 58.3 Å². The van der Waals surface area contributed by atoms with Crippen LogP contribution in [-0.2, 0) is 10.8 Å². The Morgan fingerprint density at radius 3 is 2.80 bits per heavy atom. The zero-order chi connectivity index (χ0) is 20.7. The monoisotopic (exact) mass is 516 g/mol. The number of aryl methyl sites for hydroxylation is 1. The Morgan fingerprint density at radius 2 is 2.00 bits per heavy atom. The van der Waals surface area contributed by atoms with Crippen molar-refractivity contribution in [1.29, 1.82) is 0 Å². The molecule has 2 atom stereocenters. The molecule has 0 bridgehead atoms. The zero-order valence-electron chi connectivity index (χ0n) is 17.1. The van der Waals surface area contributed by atoms with E-state index in [0.717, 1.165) is 41.5 Å². The van der Waals surface area contributed by atoms with Gasteiger partial charge in [0.25, 0.3) is 0 Å². The molecule has 3 nitrogen and oxygen atoms in total. The van der Waals surface area contributed by atoms with E-state index in [0.29, 0.717) is 3.92 Å². The van der Waals surface area contributed by atoms with Gasteiger partial charge in [0.2, 0.25) is 0 Å². The minimum absolute atomic E-state index is 0.232. The molecule has 1 N–H and O–H groups in total. The van der Waals surface area contributed by atoms with Crippen LogP contribution in [0.5, 0.6) is 0 Å². The molecule has 0 spiro atoms. The van der Waals surface area contributed by atoms with E-state index in [1.807, 2.05) is 10.9 Å². The van der Waals surface area contributed by atoms with Gasteiger partial charge in [0.05, 0.1) is 0 Å². The van der Waals surface area contributed by atoms with Gasteiger partial charge in [-0.2, -0.15) is 0 Å². The third-order valence-electron chi connectivity index (χ3n) is 6.19. The Balaban J connectivity index is 1.41. The van der Waals surface area contributed by atoms with E-state index >= 15 is 0 Å². The summed E-state index contributed by atoms with van der Waals surface area (Å²) in [6.07, 6.45) is 8.22. The first kappa shape index (κ1) is 19.9. The van der Waals surface area contributed by atoms with Gasteiger partial charge >= 0.3 is 184 Å². The molecule has 2 aliphatic heterocycles. The summed E-state index contributed by atoms with van der Waals surface area (Å²) >= 11 is -1.50. The fourth-order valence-electron chi connectivity index (χ4n) is 4.53. The van der Waals surface area contributed by atoms with Crippen LogP contribution in [0, 0.1) is 12.7 Å². The van der Waals surface area contributed by atoms with Crippen molar-refractivity contribution in [3.8, 4) is 5.69 Å². The fourth-order valence-corrected chi connectivity index (χ4v) is 12.3. The van der Waals surface area contributed by atoms with E-state index in [1.165, 1.54) is 28.8 Å². The third kappa shape index (κ3) is 3.73. The quantitative estimate of drug-likeness (QED) is 0.350. The van der Waals surface area contributed by atoms with Gasteiger partial charge in [-0.3, -0.25) is 0 Å². The summed E-state index contributed by atoms with van der Waals surface area (Å²) in [6, 6.07) is 14.9. The molecule has 1 aromatic heterocycles. The Labute approximate surface area is 184 Å². The molecule has 0 unspecified atom stereocenters. The zero-order valence-corrected chi connectivity index (χ0v) is 19.2. The van der Waals surface area contributed by atoms with Gasteiger partial charge in [-0.05, 0) is 0 Å². The molecule has 5 rings (SSSR count). The molecule has 2 aromatic carbocycles. The number of benzene rings is 2. The van der Waals surface area contributed by atoms with Crippen LogP contribution in [0.2, 0.25) is 0 Å². The third-order valence-corrected chi connectivity index (χ3v) is 13.9. The predicted molar refractivity (Wildman–Crippen MR) is 128 cm³/mol. The maximum absolute atomic E-state index is 13.3. The number of nitrogens with zero attached hydrogens (tertiary/aromatic N) is 2. The van der Waals surface area contributed by atoms with Crippen molar-refractivity contribution in [2.45, 2.75) is 47.1 Å². The molecule has 1 fully saturated rings. The average Bonchev–Trinajstić information content (AvgIpc) is 3.16. The van der Waals surface area contributed by atoms with Gasteiger partial charge < -0.3 is 0 Å². The Bertz CT molecular complexity index is 1090. The van der Waals surface area contributed by atoms with Gasteiger partial charge in [-0.1, -0.05) is 0 Å². The van der Waals surface area contributed by atoms with Gasteiger partial charge in [-0.15, -0.1) is 0 Å². The SMILES string of the molecule is Cc1ccccc1C[C@H](O)[C@H]1CCCC2=Cc3c(cnn3-c3ccc(F)cc3)CI21. The van der Waals surface area contributed by atoms with Crippen molar-refractivity contribution in [2.75, 3.05) is 0 Å². The van der Waals surface area contributed by atoms with Gasteiger partial charge in [0.15, 0.2) is 0 Å². The van der Waals surface area contributed by atoms with Crippen molar-refractivity contribution in [2.24, 2.45) is 0 Å². The normalized spacial score (nSPS) is 20.3. The van der Waals surface area contributed by atoms with E-state index in [9.17, 15) is 9.50 Å². The van der Waals surface area contributed by atoms with E-state index in [1.54, 1.807) is 15.7 Å². The molecule has 30 heavy (non-hydrogen) atoms. The first-order valence-electron chi connectivity index (χ1n) is 10.5. The molecule has 3 heterocycles. The topological polar surface area (TPSA) is 38.1 Å². The number of allylic oxidation sites excluding steroid dienone is 1. The number of rotatable bonds is 4. The van der Waals surface area contributed by atoms with Crippen LogP contribution in [-0.4, -0.2) is 24.9 Å². The summed E-state index contributed by atoms with van der Waals surface area (Å²) in [5.74, 6) is -0.232. The van der Waals surface area contributed by atoms with Crippen LogP contribution in [0.3, 0.4) is 0 Å². The van der Waals surface area contributed by atoms with E-state index in [4.69, 9.17) is 0 Å². The number of alkyl halides is 2. The second-order valence-corrected chi connectivity index (χ2v) is 14.2. The second-order valence-electron chi connectivity index (χ2n) is 8.17. The molecule has 5 heteroatoms. The van der Waals surface area contributed by atoms with E-state index in [-0.39, 0.29) is 11.9 Å². The summed E-state index contributed by atoms with van der Waals surface area (Å²) in [6.45, 7) is 2.13. The van der Waals surface area contributed by atoms with Crippen molar-refractivity contribution < 1.29 is 9.50 Å². The molecule has 0 saturated carbocycles. The Hall–Kier alpha value is -1.99. The van der Waals surface area contributed by atoms with E-state index < -0.39 is 19.8 Å². The molecular weight excluding hydrogens is 490 g/mol. The van der Waals surface area contributed by atoms with Crippen molar-refractivity contribution in [3.63, 3.8) is 0 Å². The molecule has 156 valence electrons. The van der Waals surface area contributed by atoms with E-state index in [2.05, 4.69) is 42.4 Å². The number of aromatic nitrogens is 2. The fraction of sp³-hybridized carbons (Fsp3) is 0.320. The number of aliphatic hydroxyl groups excluding tert-OH is 1. The summed E-state index contributed by atoms with van der Waals surface area (Å²) in [4.78, 5) is 0. The van der Waals surface area contributed by atoms with Crippen LogP contribution < -0.4 is 0 Å². The maximum atomic E-state index is 13.3. The second kappa shape index (κ2) is 8.27. The molecule has 1 saturated heterocycles. The molecular formula is C25H26FIN2O. The summed E-state index contributed by atoms with van der Waals surface area (Å²) in [5, 5.41) is 15.8. The number of aliphatic hydroxyl groups is 1. The van der Waals surface area contributed by atoms with Crippen LogP contribution in [0.4, 0.5) is 4.39 Å². The molecule has 0 aliphatic carbocycles. The van der Waals surface area contributed by atoms with Crippen molar-refractivity contribution in [1.82, 2.24) is 9.78 Å². The van der Waals surface area contributed by atoms with Gasteiger partial charge in [0, 0.05) is 0 Å². The van der Waals surface area contributed by atoms with Crippen LogP contribution in [0.25, 0.3) is 11.8 Å². The molecule has 0 amide bonds. The molecule has 0 radical (unpaired) electrons. The van der Waals surface area contributed by atoms with Gasteiger partial charge in [-0.25, -0.2) is 0 Å². The molecule has 2 aliphatic rings. The summed E-state index contributed by atoms with van der Waals surface area (Å²) in [5.41, 5.74) is 5.84. The van der Waals surface area contributed by atoms with Crippen LogP contribution in [0.1, 0.15) is 41.6 Å². The van der Waals surface area contributed by atoms with Crippen molar-refractivity contribution in [3.05, 3.63) is 86.5 Å². The summed E-state index contributed by atoms with van der Waals surface area (Å²) < 4.78 is 18.3. The van der Waals surface area contributed by atoms with Gasteiger partial charge in [0.1, 0.15) is 0 Å². The van der Waals surface area contributed by atoms with Crippen LogP contribution >= 0.6 is 19.8 Å². The minimum atomic E-state index is -1.50. The number of hydrogen-bond donors (Lipinski definition) is 1. The standard InChI is InChI=1S/C25H26FIN2O/c1-17-5-2-3-6-18(17)13-25(30)23-8-4-7-21-14-24-19(15-27(21)23)16-28-29(24)22-11-9-20(26)10-12-22/h2-3,5-6,9-12,14,16,23,25,30H,4,7-8,13,15H2,1H3/t23-,25+/m1/s1. The predicted octanol–water partition coefficient (Wildman–Crippen LogP) is 5.84. The first-order chi connectivity index (χ1) is 14.6. The van der Waals surface area contributed by atoms with Crippen molar-refractivity contribution >= 4 is 25.9 Å².